The van der Waals surface area contributed by atoms with Crippen LogP contribution in [0.25, 0.3) is 10.2 Å². The Kier molecular flexibility index (Phi) is 4.24. The lowest BCUT2D eigenvalue weighted by molar-refractivity contribution is 0.166. The summed E-state index contributed by atoms with van der Waals surface area (Å²) in [5.74, 6) is 1.78. The van der Waals surface area contributed by atoms with Crippen molar-refractivity contribution in [3.8, 4) is 5.88 Å². The van der Waals surface area contributed by atoms with E-state index in [2.05, 4.69) is 49.0 Å². The summed E-state index contributed by atoms with van der Waals surface area (Å²) in [4.78, 5) is 11.2. The number of nitrogens with one attached hydrogen (secondary N) is 1. The van der Waals surface area contributed by atoms with Crippen LogP contribution < -0.4 is 10.1 Å². The smallest absolute Gasteiger partial charge is 0.227 e. The van der Waals surface area contributed by atoms with Gasteiger partial charge in [-0.3, -0.25) is 0 Å². The van der Waals surface area contributed by atoms with Crippen molar-refractivity contribution in [1.82, 2.24) is 9.97 Å². The molecule has 0 saturated carbocycles. The lowest BCUT2D eigenvalue weighted by Gasteiger charge is -2.18. The first-order valence-corrected chi connectivity index (χ1v) is 7.51. The quantitative estimate of drug-likeness (QED) is 0.903. The highest BCUT2D eigenvalue weighted by molar-refractivity contribution is 7.18. The molecule has 2 heterocycles. The fraction of sp³-hybridized carbons (Fsp3) is 0.571. The van der Waals surface area contributed by atoms with Gasteiger partial charge >= 0.3 is 0 Å². The van der Waals surface area contributed by atoms with Crippen LogP contribution >= 0.6 is 11.3 Å². The predicted octanol–water partition coefficient (Wildman–Crippen LogP) is 3.85. The Bertz CT molecular complexity index is 565. The topological polar surface area (TPSA) is 47.0 Å². The Morgan fingerprint density at radius 2 is 2.05 bits per heavy atom. The number of fused-ring (bicyclic) bond motifs is 1. The molecule has 104 valence electrons. The second-order valence-electron chi connectivity index (χ2n) is 5.03. The number of hydrogen-bond acceptors (Lipinski definition) is 5. The molecule has 19 heavy (non-hydrogen) atoms. The van der Waals surface area contributed by atoms with Crippen LogP contribution in [-0.4, -0.2) is 22.6 Å². The summed E-state index contributed by atoms with van der Waals surface area (Å²) in [5.41, 5.74) is 0. The molecular weight excluding hydrogens is 258 g/mol. The molecule has 5 heteroatoms. The molecule has 1 unspecified atom stereocenters. The molecule has 0 radical (unpaired) electrons. The van der Waals surface area contributed by atoms with Crippen molar-refractivity contribution in [3.05, 3.63) is 10.9 Å². The predicted molar refractivity (Wildman–Crippen MR) is 81.2 cm³/mol. The van der Waals surface area contributed by atoms with Crippen molar-refractivity contribution in [2.45, 2.75) is 40.7 Å². The van der Waals surface area contributed by atoms with Gasteiger partial charge in [-0.15, -0.1) is 11.3 Å². The van der Waals surface area contributed by atoms with E-state index < -0.39 is 0 Å². The van der Waals surface area contributed by atoms with Crippen LogP contribution in [-0.2, 0) is 0 Å². The normalized spacial score (nSPS) is 12.9. The van der Waals surface area contributed by atoms with Crippen molar-refractivity contribution in [3.63, 3.8) is 0 Å². The van der Waals surface area contributed by atoms with Crippen LogP contribution in [0.3, 0.4) is 0 Å². The van der Waals surface area contributed by atoms with Crippen molar-refractivity contribution < 1.29 is 4.74 Å². The molecule has 2 rings (SSSR count). The minimum Gasteiger partial charge on any atom is -0.474 e. The number of rotatable bonds is 5. The largest absolute Gasteiger partial charge is 0.474 e. The second-order valence-corrected chi connectivity index (χ2v) is 6.26. The van der Waals surface area contributed by atoms with Crippen LogP contribution in [0.1, 0.15) is 32.6 Å². The molecule has 0 spiro atoms. The number of nitrogens with zero attached hydrogens (tertiary/aromatic N) is 2. The first-order chi connectivity index (χ1) is 9.01. The Balaban J connectivity index is 2.43. The van der Waals surface area contributed by atoms with E-state index in [1.54, 1.807) is 11.3 Å². The summed E-state index contributed by atoms with van der Waals surface area (Å²) in [6.45, 7) is 11.3. The number of thiophene rings is 1. The second kappa shape index (κ2) is 5.74. The zero-order chi connectivity index (χ0) is 14.0. The molecule has 0 saturated heterocycles. The zero-order valence-corrected chi connectivity index (χ0v) is 13.0. The summed E-state index contributed by atoms with van der Waals surface area (Å²) in [6.07, 6.45) is 0.132. The highest BCUT2D eigenvalue weighted by atomic mass is 32.1. The summed E-state index contributed by atoms with van der Waals surface area (Å²) in [5, 5.41) is 4.17. The van der Waals surface area contributed by atoms with Gasteiger partial charge in [-0.05, 0) is 32.8 Å². The third-order valence-electron chi connectivity index (χ3n) is 3.05. The van der Waals surface area contributed by atoms with E-state index in [0.29, 0.717) is 17.7 Å². The van der Waals surface area contributed by atoms with Crippen LogP contribution in [0.2, 0.25) is 0 Å². The van der Waals surface area contributed by atoms with Gasteiger partial charge in [-0.25, -0.2) is 4.98 Å². The number of aromatic nitrogens is 2. The van der Waals surface area contributed by atoms with Crippen LogP contribution in [0.4, 0.5) is 5.95 Å². The maximum absolute atomic E-state index is 6.00. The van der Waals surface area contributed by atoms with Crippen LogP contribution in [0.5, 0.6) is 5.88 Å². The van der Waals surface area contributed by atoms with Crippen molar-refractivity contribution >= 4 is 27.5 Å². The molecule has 0 aliphatic heterocycles. The third-order valence-corrected chi connectivity index (χ3v) is 4.00. The van der Waals surface area contributed by atoms with Gasteiger partial charge in [0, 0.05) is 11.4 Å². The average molecular weight is 279 g/mol. The summed E-state index contributed by atoms with van der Waals surface area (Å²) >= 11 is 1.67. The van der Waals surface area contributed by atoms with Gasteiger partial charge in [0.1, 0.15) is 4.83 Å². The Morgan fingerprint density at radius 3 is 2.68 bits per heavy atom. The third kappa shape index (κ3) is 3.15. The molecule has 0 amide bonds. The van der Waals surface area contributed by atoms with Crippen LogP contribution in [0.15, 0.2) is 6.07 Å². The van der Waals surface area contributed by atoms with E-state index in [4.69, 9.17) is 4.74 Å². The van der Waals surface area contributed by atoms with Crippen molar-refractivity contribution in [2.75, 3.05) is 11.9 Å². The average Bonchev–Trinajstić information content (AvgIpc) is 2.70. The van der Waals surface area contributed by atoms with Gasteiger partial charge in [0.2, 0.25) is 11.8 Å². The molecule has 0 aliphatic carbocycles. The lowest BCUT2D eigenvalue weighted by atomic mass is 10.1. The van der Waals surface area contributed by atoms with E-state index in [9.17, 15) is 0 Å². The molecule has 1 N–H and O–H groups in total. The molecule has 4 nitrogen and oxygen atoms in total. The maximum Gasteiger partial charge on any atom is 0.227 e. The number of anilines is 1. The van der Waals surface area contributed by atoms with Gasteiger partial charge in [0.15, 0.2) is 0 Å². The highest BCUT2D eigenvalue weighted by Crippen LogP contribution is 2.32. The fourth-order valence-corrected chi connectivity index (χ4v) is 2.53. The SMILES string of the molecule is CCNc1nc(OC(C)C(C)C)c2cc(C)sc2n1. The minimum absolute atomic E-state index is 0.132. The van der Waals surface area contributed by atoms with E-state index >= 15 is 0 Å². The number of ether oxygens (including phenoxy) is 1. The number of aryl methyl sites for hydroxylation is 1. The Labute approximate surface area is 118 Å². The Hall–Kier alpha value is -1.36. The first-order valence-electron chi connectivity index (χ1n) is 6.70. The fourth-order valence-electron chi connectivity index (χ4n) is 1.65. The van der Waals surface area contributed by atoms with Gasteiger partial charge in [0.05, 0.1) is 11.5 Å². The Morgan fingerprint density at radius 1 is 1.32 bits per heavy atom. The molecular formula is C14H21N3OS. The first kappa shape index (κ1) is 14.1. The highest BCUT2D eigenvalue weighted by Gasteiger charge is 2.15. The van der Waals surface area contributed by atoms with Crippen LogP contribution in [0, 0.1) is 12.8 Å². The van der Waals surface area contributed by atoms with E-state index in [1.165, 1.54) is 4.88 Å². The summed E-state index contributed by atoms with van der Waals surface area (Å²) in [7, 11) is 0. The van der Waals surface area contributed by atoms with E-state index in [1.807, 2.05) is 6.92 Å². The summed E-state index contributed by atoms with van der Waals surface area (Å²) in [6, 6.07) is 2.10. The molecule has 0 aliphatic rings. The van der Waals surface area contributed by atoms with Crippen molar-refractivity contribution in [2.24, 2.45) is 5.92 Å². The molecule has 0 bridgehead atoms. The maximum atomic E-state index is 6.00. The molecule has 2 aromatic rings. The zero-order valence-electron chi connectivity index (χ0n) is 12.2. The van der Waals surface area contributed by atoms with Gasteiger partial charge in [-0.2, -0.15) is 4.98 Å². The van der Waals surface area contributed by atoms with Gasteiger partial charge in [-0.1, -0.05) is 13.8 Å². The van der Waals surface area contributed by atoms with E-state index in [0.717, 1.165) is 16.8 Å². The van der Waals surface area contributed by atoms with E-state index in [-0.39, 0.29) is 6.10 Å². The molecule has 0 aromatic carbocycles. The van der Waals surface area contributed by atoms with Gasteiger partial charge in [0.25, 0.3) is 0 Å². The minimum atomic E-state index is 0.132. The molecule has 0 fully saturated rings. The molecule has 2 aromatic heterocycles. The molecule has 1 atom stereocenters. The lowest BCUT2D eigenvalue weighted by Crippen LogP contribution is -2.19. The summed E-state index contributed by atoms with van der Waals surface area (Å²) < 4.78 is 6.00. The number of hydrogen-bond donors (Lipinski definition) is 1. The van der Waals surface area contributed by atoms with Gasteiger partial charge < -0.3 is 10.1 Å². The van der Waals surface area contributed by atoms with Crippen molar-refractivity contribution in [1.29, 1.82) is 0 Å². The monoisotopic (exact) mass is 279 g/mol. The standard InChI is InChI=1S/C14H21N3OS/c1-6-15-14-16-12(18-10(5)8(2)3)11-7-9(4)19-13(11)17-14/h7-8,10H,6H2,1-5H3,(H,15,16,17).